The van der Waals surface area contributed by atoms with Crippen molar-refractivity contribution in [1.82, 2.24) is 0 Å². The maximum absolute atomic E-state index is 9.19. The van der Waals surface area contributed by atoms with Crippen LogP contribution in [-0.4, -0.2) is 53.7 Å². The lowest BCUT2D eigenvalue weighted by Gasteiger charge is -1.93. The highest BCUT2D eigenvalue weighted by molar-refractivity contribution is 7.85. The van der Waals surface area contributed by atoms with E-state index in [1.807, 2.05) is 0 Å². The summed E-state index contributed by atoms with van der Waals surface area (Å²) in [6.45, 7) is 1.65. The molecule has 0 aromatic carbocycles. The average molecular weight is 274 g/mol. The number of carboxylic acid groups (broad SMARTS) is 1. The Labute approximate surface area is 102 Å². The maximum Gasteiger partial charge on any atom is 0.300 e. The van der Waals surface area contributed by atoms with Crippen molar-refractivity contribution in [3.8, 4) is 0 Å². The van der Waals surface area contributed by atoms with Crippen molar-refractivity contribution in [2.45, 2.75) is 32.6 Å². The SMILES string of the molecule is CC(=O)O.CS(=O)(=O)O.OCCCCCCO. The van der Waals surface area contributed by atoms with Crippen LogP contribution in [0.3, 0.4) is 0 Å². The summed E-state index contributed by atoms with van der Waals surface area (Å²) >= 11 is 0. The van der Waals surface area contributed by atoms with Crippen molar-refractivity contribution in [2.24, 2.45) is 0 Å². The second-order valence-electron chi connectivity index (χ2n) is 3.11. The molecule has 106 valence electrons. The van der Waals surface area contributed by atoms with Gasteiger partial charge < -0.3 is 15.3 Å². The van der Waals surface area contributed by atoms with Crippen LogP contribution in [-0.2, 0) is 14.9 Å². The fourth-order valence-corrected chi connectivity index (χ4v) is 0.577. The molecule has 0 aliphatic carbocycles. The van der Waals surface area contributed by atoms with E-state index in [2.05, 4.69) is 0 Å². The number of unbranched alkanes of at least 4 members (excludes halogenated alkanes) is 3. The lowest BCUT2D eigenvalue weighted by Crippen LogP contribution is -1.88. The van der Waals surface area contributed by atoms with E-state index in [1.165, 1.54) is 0 Å². The van der Waals surface area contributed by atoms with Crippen LogP contribution < -0.4 is 0 Å². The summed E-state index contributed by atoms with van der Waals surface area (Å²) in [6.07, 6.45) is 4.54. The third-order valence-corrected chi connectivity index (χ3v) is 1.07. The first kappa shape index (κ1) is 21.6. The second-order valence-corrected chi connectivity index (χ2v) is 4.58. The van der Waals surface area contributed by atoms with Crippen LogP contribution in [0.25, 0.3) is 0 Å². The monoisotopic (exact) mass is 274 g/mol. The highest BCUT2D eigenvalue weighted by Gasteiger charge is 1.84. The van der Waals surface area contributed by atoms with Crippen LogP contribution in [0.2, 0.25) is 0 Å². The van der Waals surface area contributed by atoms with Crippen LogP contribution in [0.15, 0.2) is 0 Å². The molecule has 0 unspecified atom stereocenters. The van der Waals surface area contributed by atoms with Crippen molar-refractivity contribution >= 4 is 16.1 Å². The van der Waals surface area contributed by atoms with Gasteiger partial charge in [-0.3, -0.25) is 9.35 Å². The zero-order valence-corrected chi connectivity index (χ0v) is 11.0. The van der Waals surface area contributed by atoms with Crippen molar-refractivity contribution in [2.75, 3.05) is 19.5 Å². The minimum absolute atomic E-state index is 0.283. The molecule has 0 spiro atoms. The molecule has 7 nitrogen and oxygen atoms in total. The van der Waals surface area contributed by atoms with E-state index >= 15 is 0 Å². The van der Waals surface area contributed by atoms with Crippen LogP contribution in [0, 0.1) is 0 Å². The molecule has 4 N–H and O–H groups in total. The summed E-state index contributed by atoms with van der Waals surface area (Å²) < 4.78 is 25.9. The smallest absolute Gasteiger partial charge is 0.300 e. The Morgan fingerprint density at radius 2 is 1.18 bits per heavy atom. The normalized spacial score (nSPS) is 9.47. The van der Waals surface area contributed by atoms with Crippen molar-refractivity contribution < 1.29 is 33.1 Å². The minimum Gasteiger partial charge on any atom is -0.481 e. The van der Waals surface area contributed by atoms with Gasteiger partial charge in [0, 0.05) is 20.1 Å². The fourth-order valence-electron chi connectivity index (χ4n) is 0.577. The third-order valence-electron chi connectivity index (χ3n) is 1.07. The Morgan fingerprint density at radius 3 is 1.29 bits per heavy atom. The first-order chi connectivity index (χ1) is 7.65. The van der Waals surface area contributed by atoms with Gasteiger partial charge in [0.05, 0.1) is 6.26 Å². The molecule has 0 heterocycles. The zero-order chi connectivity index (χ0) is 14.3. The van der Waals surface area contributed by atoms with Crippen molar-refractivity contribution in [3.63, 3.8) is 0 Å². The largest absolute Gasteiger partial charge is 0.481 e. The van der Waals surface area contributed by atoms with Crippen molar-refractivity contribution in [1.29, 1.82) is 0 Å². The zero-order valence-electron chi connectivity index (χ0n) is 10.2. The Bertz CT molecular complexity index is 230. The predicted molar refractivity (Wildman–Crippen MR) is 63.4 cm³/mol. The van der Waals surface area contributed by atoms with E-state index in [0.29, 0.717) is 6.26 Å². The lowest BCUT2D eigenvalue weighted by atomic mass is 10.2. The molecule has 0 aliphatic heterocycles. The van der Waals surface area contributed by atoms with Gasteiger partial charge in [0.1, 0.15) is 0 Å². The van der Waals surface area contributed by atoms with Gasteiger partial charge in [0.15, 0.2) is 0 Å². The molecule has 0 fully saturated rings. The highest BCUT2D eigenvalue weighted by Crippen LogP contribution is 1.96. The molecular weight excluding hydrogens is 252 g/mol. The number of hydrogen-bond donors (Lipinski definition) is 4. The van der Waals surface area contributed by atoms with Crippen LogP contribution in [0.1, 0.15) is 32.6 Å². The van der Waals surface area contributed by atoms with Gasteiger partial charge in [0.25, 0.3) is 16.1 Å². The number of aliphatic carboxylic acids is 1. The summed E-state index contributed by atoms with van der Waals surface area (Å²) in [7, 11) is -3.67. The minimum atomic E-state index is -3.67. The van der Waals surface area contributed by atoms with Gasteiger partial charge in [-0.25, -0.2) is 0 Å². The van der Waals surface area contributed by atoms with Crippen molar-refractivity contribution in [3.05, 3.63) is 0 Å². The Kier molecular flexibility index (Phi) is 19.4. The highest BCUT2D eigenvalue weighted by atomic mass is 32.2. The fraction of sp³-hybridized carbons (Fsp3) is 0.889. The molecule has 0 aromatic rings. The Balaban J connectivity index is -0.000000188. The molecular formula is C9H22O7S. The van der Waals surface area contributed by atoms with Gasteiger partial charge in [0.2, 0.25) is 0 Å². The molecule has 0 aliphatic rings. The molecule has 0 radical (unpaired) electrons. The van der Waals surface area contributed by atoms with E-state index in [0.717, 1.165) is 32.6 Å². The van der Waals surface area contributed by atoms with Gasteiger partial charge in [-0.2, -0.15) is 8.42 Å². The standard InChI is InChI=1S/C6H14O2.C2H4O2.CH4O3S/c7-5-3-1-2-4-6-8;1-2(3)4;1-5(2,3)4/h7-8H,1-6H2;1H3,(H,3,4);1H3,(H,2,3,4). The number of aliphatic hydroxyl groups excluding tert-OH is 2. The second kappa shape index (κ2) is 15.3. The topological polar surface area (TPSA) is 132 Å². The summed E-state index contributed by atoms with van der Waals surface area (Å²) in [4.78, 5) is 9.00. The molecule has 0 aromatic heterocycles. The first-order valence-corrected chi connectivity index (χ1v) is 6.83. The first-order valence-electron chi connectivity index (χ1n) is 4.98. The van der Waals surface area contributed by atoms with E-state index in [9.17, 15) is 8.42 Å². The lowest BCUT2D eigenvalue weighted by molar-refractivity contribution is -0.134. The van der Waals surface area contributed by atoms with E-state index in [-0.39, 0.29) is 13.2 Å². The van der Waals surface area contributed by atoms with Gasteiger partial charge in [-0.05, 0) is 12.8 Å². The average Bonchev–Trinajstić information content (AvgIpc) is 2.09. The van der Waals surface area contributed by atoms with Gasteiger partial charge in [-0.1, -0.05) is 12.8 Å². The quantitative estimate of drug-likeness (QED) is 0.413. The molecule has 0 saturated heterocycles. The number of carboxylic acids is 1. The Hall–Kier alpha value is -0.700. The molecule has 0 saturated carbocycles. The van der Waals surface area contributed by atoms with E-state index in [1.54, 1.807) is 0 Å². The number of carbonyl (C=O) groups is 1. The number of aliphatic hydroxyl groups is 2. The molecule has 17 heavy (non-hydrogen) atoms. The van der Waals surface area contributed by atoms with Gasteiger partial charge >= 0.3 is 0 Å². The molecule has 0 atom stereocenters. The predicted octanol–water partition coefficient (Wildman–Crippen LogP) is 0.126. The number of hydrogen-bond acceptors (Lipinski definition) is 5. The third kappa shape index (κ3) is 146. The summed E-state index contributed by atoms with van der Waals surface area (Å²) in [5, 5.41) is 24.0. The van der Waals surface area contributed by atoms with Crippen LogP contribution in [0.5, 0.6) is 0 Å². The maximum atomic E-state index is 9.19. The number of rotatable bonds is 5. The summed E-state index contributed by atoms with van der Waals surface area (Å²) in [6, 6.07) is 0. The van der Waals surface area contributed by atoms with Crippen LogP contribution in [0.4, 0.5) is 0 Å². The summed E-state index contributed by atoms with van der Waals surface area (Å²) in [5.74, 6) is -0.833. The van der Waals surface area contributed by atoms with Crippen LogP contribution >= 0.6 is 0 Å². The van der Waals surface area contributed by atoms with E-state index in [4.69, 9.17) is 24.7 Å². The molecule has 8 heteroatoms. The summed E-state index contributed by atoms with van der Waals surface area (Å²) in [5.41, 5.74) is 0. The van der Waals surface area contributed by atoms with E-state index < -0.39 is 16.1 Å². The molecule has 0 rings (SSSR count). The molecule has 0 bridgehead atoms. The Morgan fingerprint density at radius 1 is 1.00 bits per heavy atom. The molecule has 0 amide bonds. The van der Waals surface area contributed by atoms with Gasteiger partial charge in [-0.15, -0.1) is 0 Å².